The second-order valence-corrected chi connectivity index (χ2v) is 5.21. The molecule has 1 aromatic carbocycles. The number of likely N-dealkylation sites (tertiary alicyclic amines) is 1. The summed E-state index contributed by atoms with van der Waals surface area (Å²) >= 11 is 0. The molecule has 1 fully saturated rings. The van der Waals surface area contributed by atoms with Gasteiger partial charge in [0.05, 0.1) is 0 Å². The molecule has 1 heterocycles. The first-order valence-corrected chi connectivity index (χ1v) is 6.15. The van der Waals surface area contributed by atoms with Crippen molar-refractivity contribution in [3.05, 3.63) is 35.4 Å². The number of aryl methyl sites for hydroxylation is 1. The lowest BCUT2D eigenvalue weighted by Gasteiger charge is -2.46. The van der Waals surface area contributed by atoms with Gasteiger partial charge < -0.3 is 5.73 Å². The molecule has 0 spiro atoms. The fraction of sp³-hybridized carbons (Fsp3) is 0.571. The van der Waals surface area contributed by atoms with Crippen LogP contribution in [-0.4, -0.2) is 30.1 Å². The standard InChI is InChI=1S/C14H22N2/c1-12-5-3-6-13(9-12)10-14(2,11-15)16-7-4-8-16/h3,5-6,9H,4,7-8,10-11,15H2,1-2H3. The summed E-state index contributed by atoms with van der Waals surface area (Å²) in [5, 5.41) is 0. The minimum absolute atomic E-state index is 0.145. The summed E-state index contributed by atoms with van der Waals surface area (Å²) in [6.45, 7) is 7.58. The van der Waals surface area contributed by atoms with Gasteiger partial charge in [0.1, 0.15) is 0 Å². The third-order valence-corrected chi connectivity index (χ3v) is 3.73. The molecule has 2 N–H and O–H groups in total. The molecule has 0 radical (unpaired) electrons. The van der Waals surface area contributed by atoms with Gasteiger partial charge in [0.15, 0.2) is 0 Å². The molecule has 1 aliphatic rings. The summed E-state index contributed by atoms with van der Waals surface area (Å²) in [7, 11) is 0. The first kappa shape index (κ1) is 11.6. The van der Waals surface area contributed by atoms with E-state index in [1.165, 1.54) is 30.6 Å². The Morgan fingerprint density at radius 1 is 1.38 bits per heavy atom. The Morgan fingerprint density at radius 3 is 2.62 bits per heavy atom. The van der Waals surface area contributed by atoms with Crippen LogP contribution in [0.1, 0.15) is 24.5 Å². The summed E-state index contributed by atoms with van der Waals surface area (Å²) in [5.74, 6) is 0. The molecule has 0 amide bonds. The number of benzene rings is 1. The van der Waals surface area contributed by atoms with E-state index in [4.69, 9.17) is 5.73 Å². The van der Waals surface area contributed by atoms with Gasteiger partial charge in [0.25, 0.3) is 0 Å². The van der Waals surface area contributed by atoms with Crippen molar-refractivity contribution in [1.29, 1.82) is 0 Å². The lowest BCUT2D eigenvalue weighted by Crippen LogP contribution is -2.58. The molecule has 2 rings (SSSR count). The SMILES string of the molecule is Cc1cccc(CC(C)(CN)N2CCC2)c1. The van der Waals surface area contributed by atoms with Crippen molar-refractivity contribution in [2.24, 2.45) is 5.73 Å². The highest BCUT2D eigenvalue weighted by molar-refractivity contribution is 5.24. The van der Waals surface area contributed by atoms with Crippen LogP contribution in [0.5, 0.6) is 0 Å². The summed E-state index contributed by atoms with van der Waals surface area (Å²) in [6, 6.07) is 8.76. The predicted octanol–water partition coefficient (Wildman–Crippen LogP) is 1.96. The largest absolute Gasteiger partial charge is 0.329 e. The topological polar surface area (TPSA) is 29.3 Å². The van der Waals surface area contributed by atoms with E-state index in [1.54, 1.807) is 0 Å². The zero-order chi connectivity index (χ0) is 11.6. The van der Waals surface area contributed by atoms with Crippen LogP contribution in [0.25, 0.3) is 0 Å². The molecule has 2 heteroatoms. The molecular formula is C14H22N2. The Bertz CT molecular complexity index is 358. The Hall–Kier alpha value is -0.860. The highest BCUT2D eigenvalue weighted by Crippen LogP contribution is 2.25. The monoisotopic (exact) mass is 218 g/mol. The van der Waals surface area contributed by atoms with E-state index in [1.807, 2.05) is 0 Å². The van der Waals surface area contributed by atoms with Crippen LogP contribution >= 0.6 is 0 Å². The molecule has 16 heavy (non-hydrogen) atoms. The van der Waals surface area contributed by atoms with Crippen molar-refractivity contribution in [3.63, 3.8) is 0 Å². The molecule has 88 valence electrons. The first-order chi connectivity index (χ1) is 7.64. The number of hydrogen-bond donors (Lipinski definition) is 1. The fourth-order valence-electron chi connectivity index (χ4n) is 2.43. The van der Waals surface area contributed by atoms with E-state index in [-0.39, 0.29) is 5.54 Å². The van der Waals surface area contributed by atoms with Crippen LogP contribution < -0.4 is 5.73 Å². The van der Waals surface area contributed by atoms with Crippen molar-refractivity contribution in [2.75, 3.05) is 19.6 Å². The smallest absolute Gasteiger partial charge is 0.0343 e. The van der Waals surface area contributed by atoms with E-state index in [2.05, 4.69) is 43.0 Å². The van der Waals surface area contributed by atoms with Crippen molar-refractivity contribution in [1.82, 2.24) is 4.90 Å². The number of nitrogens with two attached hydrogens (primary N) is 1. The van der Waals surface area contributed by atoms with Gasteiger partial charge in [-0.2, -0.15) is 0 Å². The van der Waals surface area contributed by atoms with Gasteiger partial charge in [-0.15, -0.1) is 0 Å². The van der Waals surface area contributed by atoms with Crippen LogP contribution in [0.4, 0.5) is 0 Å². The number of rotatable bonds is 4. The fourth-order valence-corrected chi connectivity index (χ4v) is 2.43. The second-order valence-electron chi connectivity index (χ2n) is 5.21. The van der Waals surface area contributed by atoms with E-state index in [0.717, 1.165) is 13.0 Å². The molecule has 0 aromatic heterocycles. The van der Waals surface area contributed by atoms with E-state index >= 15 is 0 Å². The quantitative estimate of drug-likeness (QED) is 0.837. The van der Waals surface area contributed by atoms with Crippen LogP contribution in [0.3, 0.4) is 0 Å². The number of hydrogen-bond acceptors (Lipinski definition) is 2. The maximum atomic E-state index is 5.96. The van der Waals surface area contributed by atoms with Gasteiger partial charge in [-0.25, -0.2) is 0 Å². The van der Waals surface area contributed by atoms with Crippen molar-refractivity contribution < 1.29 is 0 Å². The maximum absolute atomic E-state index is 5.96. The van der Waals surface area contributed by atoms with Gasteiger partial charge in [0.2, 0.25) is 0 Å². The summed E-state index contributed by atoms with van der Waals surface area (Å²) in [5.41, 5.74) is 8.84. The predicted molar refractivity (Wildman–Crippen MR) is 68.5 cm³/mol. The highest BCUT2D eigenvalue weighted by atomic mass is 15.2. The van der Waals surface area contributed by atoms with Crippen molar-refractivity contribution >= 4 is 0 Å². The van der Waals surface area contributed by atoms with E-state index in [9.17, 15) is 0 Å². The lowest BCUT2D eigenvalue weighted by molar-refractivity contribution is 0.0481. The molecular weight excluding hydrogens is 196 g/mol. The van der Waals surface area contributed by atoms with Crippen molar-refractivity contribution in [3.8, 4) is 0 Å². The van der Waals surface area contributed by atoms with Gasteiger partial charge in [-0.3, -0.25) is 4.90 Å². The van der Waals surface area contributed by atoms with Crippen LogP contribution in [0.15, 0.2) is 24.3 Å². The molecule has 0 aliphatic carbocycles. The summed E-state index contributed by atoms with van der Waals surface area (Å²) in [4.78, 5) is 2.51. The average molecular weight is 218 g/mol. The van der Waals surface area contributed by atoms with Crippen LogP contribution in [0, 0.1) is 6.92 Å². The van der Waals surface area contributed by atoms with E-state index in [0.29, 0.717) is 0 Å². The van der Waals surface area contributed by atoms with Crippen LogP contribution in [0.2, 0.25) is 0 Å². The third-order valence-electron chi connectivity index (χ3n) is 3.73. The molecule has 1 saturated heterocycles. The molecule has 1 unspecified atom stereocenters. The van der Waals surface area contributed by atoms with Gasteiger partial charge in [0, 0.05) is 12.1 Å². The van der Waals surface area contributed by atoms with Gasteiger partial charge in [-0.1, -0.05) is 29.8 Å². The zero-order valence-electron chi connectivity index (χ0n) is 10.4. The minimum Gasteiger partial charge on any atom is -0.329 e. The van der Waals surface area contributed by atoms with Gasteiger partial charge in [-0.05, 0) is 45.3 Å². The zero-order valence-corrected chi connectivity index (χ0v) is 10.4. The maximum Gasteiger partial charge on any atom is 0.0343 e. The average Bonchev–Trinajstić information content (AvgIpc) is 2.14. The second kappa shape index (κ2) is 4.56. The molecule has 2 nitrogen and oxygen atoms in total. The molecule has 1 aliphatic heterocycles. The Morgan fingerprint density at radius 2 is 2.12 bits per heavy atom. The highest BCUT2D eigenvalue weighted by Gasteiger charge is 2.34. The summed E-state index contributed by atoms with van der Waals surface area (Å²) in [6.07, 6.45) is 2.38. The van der Waals surface area contributed by atoms with Gasteiger partial charge >= 0.3 is 0 Å². The van der Waals surface area contributed by atoms with E-state index < -0.39 is 0 Å². The van der Waals surface area contributed by atoms with Crippen molar-refractivity contribution in [2.45, 2.75) is 32.2 Å². The number of nitrogens with zero attached hydrogens (tertiary/aromatic N) is 1. The molecule has 0 saturated carbocycles. The first-order valence-electron chi connectivity index (χ1n) is 6.15. The third kappa shape index (κ3) is 2.28. The molecule has 1 aromatic rings. The summed E-state index contributed by atoms with van der Waals surface area (Å²) < 4.78 is 0. The molecule has 0 bridgehead atoms. The Labute approximate surface area is 98.4 Å². The Balaban J connectivity index is 2.11. The Kier molecular flexibility index (Phi) is 3.31. The molecule has 1 atom stereocenters. The normalized spacial score (nSPS) is 20.2. The lowest BCUT2D eigenvalue weighted by atomic mass is 9.88. The minimum atomic E-state index is 0.145. The van der Waals surface area contributed by atoms with Crippen LogP contribution in [-0.2, 0) is 6.42 Å².